The minimum atomic E-state index is -3.55. The molecule has 1 aromatic carbocycles. The average molecular weight is 283 g/mol. The molecule has 0 saturated heterocycles. The van der Waals surface area contributed by atoms with Crippen LogP contribution in [-0.4, -0.2) is 35.1 Å². The van der Waals surface area contributed by atoms with E-state index in [1.165, 1.54) is 11.4 Å². The maximum Gasteiger partial charge on any atom is 0.245 e. The van der Waals surface area contributed by atoms with Crippen molar-refractivity contribution >= 4 is 32.8 Å². The van der Waals surface area contributed by atoms with Gasteiger partial charge < -0.3 is 0 Å². The molecule has 18 heavy (non-hydrogen) atoms. The topological polar surface area (TPSA) is 63.2 Å². The molecule has 0 bridgehead atoms. The third-order valence-electron chi connectivity index (χ3n) is 2.43. The fraction of sp³-hybridized carbons (Fsp3) is 0.273. The summed E-state index contributed by atoms with van der Waals surface area (Å²) in [4.78, 5) is 0.192. The number of rotatable bonds is 4. The molecule has 0 amide bonds. The van der Waals surface area contributed by atoms with Crippen molar-refractivity contribution in [3.8, 4) is 0 Å². The maximum absolute atomic E-state index is 12.4. The van der Waals surface area contributed by atoms with Crippen LogP contribution < -0.4 is 0 Å². The Kier molecular flexibility index (Phi) is 3.47. The van der Waals surface area contributed by atoms with E-state index >= 15 is 0 Å². The number of likely N-dealkylation sites (N-methyl/N-ethyl adjacent to an activating group) is 1. The minimum Gasteiger partial charge on any atom is -0.207 e. The summed E-state index contributed by atoms with van der Waals surface area (Å²) in [6.07, 6.45) is 0. The van der Waals surface area contributed by atoms with Crippen LogP contribution in [0.4, 0.5) is 0 Å². The fourth-order valence-corrected chi connectivity index (χ4v) is 3.60. The molecule has 2 aromatic rings. The van der Waals surface area contributed by atoms with E-state index in [4.69, 9.17) is 0 Å². The van der Waals surface area contributed by atoms with Gasteiger partial charge in [0.15, 0.2) is 0 Å². The summed E-state index contributed by atoms with van der Waals surface area (Å²) in [5, 5.41) is 0. The predicted octanol–water partition coefficient (Wildman–Crippen LogP) is 1.89. The highest BCUT2D eigenvalue weighted by atomic mass is 32.2. The summed E-state index contributed by atoms with van der Waals surface area (Å²) >= 11 is 1.01. The summed E-state index contributed by atoms with van der Waals surface area (Å²) in [5.74, 6) is 0. The highest BCUT2D eigenvalue weighted by Crippen LogP contribution is 2.23. The Morgan fingerprint density at radius 3 is 2.83 bits per heavy atom. The van der Waals surface area contributed by atoms with Crippen LogP contribution in [0.5, 0.6) is 0 Å². The zero-order chi connectivity index (χ0) is 13.3. The molecule has 5 nitrogen and oxygen atoms in total. The van der Waals surface area contributed by atoms with E-state index < -0.39 is 10.0 Å². The predicted molar refractivity (Wildman–Crippen MR) is 72.0 cm³/mol. The molecular weight excluding hydrogens is 270 g/mol. The number of nitrogens with zero attached hydrogens (tertiary/aromatic N) is 3. The van der Waals surface area contributed by atoms with Crippen LogP contribution in [0.1, 0.15) is 6.92 Å². The van der Waals surface area contributed by atoms with Gasteiger partial charge in [-0.25, -0.2) is 8.42 Å². The van der Waals surface area contributed by atoms with Crippen LogP contribution in [0.15, 0.2) is 35.2 Å². The zero-order valence-electron chi connectivity index (χ0n) is 10.1. The first-order valence-corrected chi connectivity index (χ1v) is 7.42. The van der Waals surface area contributed by atoms with Gasteiger partial charge in [-0.2, -0.15) is 13.1 Å². The van der Waals surface area contributed by atoms with Gasteiger partial charge in [-0.05, 0) is 19.1 Å². The molecule has 0 fully saturated rings. The third-order valence-corrected chi connectivity index (χ3v) is 4.81. The SMILES string of the molecule is C=C(C)CN(C)S(=O)(=O)c1cccc2nsnc12. The molecule has 0 aliphatic rings. The highest BCUT2D eigenvalue weighted by molar-refractivity contribution is 7.89. The van der Waals surface area contributed by atoms with Crippen molar-refractivity contribution in [2.24, 2.45) is 0 Å². The normalized spacial score (nSPS) is 12.2. The molecular formula is C11H13N3O2S2. The summed E-state index contributed by atoms with van der Waals surface area (Å²) in [7, 11) is -2.02. The van der Waals surface area contributed by atoms with E-state index in [9.17, 15) is 8.42 Å². The lowest BCUT2D eigenvalue weighted by Gasteiger charge is -2.17. The molecule has 0 unspecified atom stereocenters. The van der Waals surface area contributed by atoms with Crippen LogP contribution in [0.3, 0.4) is 0 Å². The summed E-state index contributed by atoms with van der Waals surface area (Å²) in [5.41, 5.74) is 1.81. The molecule has 0 radical (unpaired) electrons. The Hall–Kier alpha value is -1.31. The second-order valence-corrected chi connectivity index (χ2v) is 6.65. The summed E-state index contributed by atoms with van der Waals surface area (Å²) < 4.78 is 34.2. The minimum absolute atomic E-state index is 0.192. The molecule has 7 heteroatoms. The molecule has 0 aliphatic carbocycles. The molecule has 2 rings (SSSR count). The van der Waals surface area contributed by atoms with Crippen molar-refractivity contribution in [2.45, 2.75) is 11.8 Å². The number of fused-ring (bicyclic) bond motifs is 1. The second-order valence-electron chi connectivity index (χ2n) is 4.11. The average Bonchev–Trinajstić information content (AvgIpc) is 2.75. The van der Waals surface area contributed by atoms with E-state index in [0.717, 1.165) is 17.3 Å². The third kappa shape index (κ3) is 2.29. The lowest BCUT2D eigenvalue weighted by atomic mass is 10.3. The smallest absolute Gasteiger partial charge is 0.207 e. The Bertz CT molecular complexity index is 691. The molecule has 0 atom stereocenters. The van der Waals surface area contributed by atoms with Crippen molar-refractivity contribution < 1.29 is 8.42 Å². The van der Waals surface area contributed by atoms with Gasteiger partial charge in [-0.3, -0.25) is 0 Å². The standard InChI is InChI=1S/C11H13N3O2S2/c1-8(2)7-14(3)18(15,16)10-6-4-5-9-11(10)13-17-12-9/h4-6H,1,7H2,2-3H3. The fourth-order valence-electron chi connectivity index (χ4n) is 1.62. The summed E-state index contributed by atoms with van der Waals surface area (Å²) in [6.45, 7) is 5.80. The molecule has 96 valence electrons. The first-order valence-electron chi connectivity index (χ1n) is 5.25. The van der Waals surface area contributed by atoms with Crippen molar-refractivity contribution in [1.82, 2.24) is 13.1 Å². The van der Waals surface area contributed by atoms with Gasteiger partial charge in [0.25, 0.3) is 0 Å². The van der Waals surface area contributed by atoms with Gasteiger partial charge >= 0.3 is 0 Å². The number of aromatic nitrogens is 2. The van der Waals surface area contributed by atoms with Crippen LogP contribution in [0.2, 0.25) is 0 Å². The monoisotopic (exact) mass is 283 g/mol. The largest absolute Gasteiger partial charge is 0.245 e. The van der Waals surface area contributed by atoms with Crippen molar-refractivity contribution in [2.75, 3.05) is 13.6 Å². The lowest BCUT2D eigenvalue weighted by molar-refractivity contribution is 0.494. The first kappa shape index (κ1) is 13.1. The van der Waals surface area contributed by atoms with Crippen molar-refractivity contribution in [3.05, 3.63) is 30.4 Å². The van der Waals surface area contributed by atoms with Gasteiger partial charge in [-0.15, -0.1) is 0 Å². The van der Waals surface area contributed by atoms with Gasteiger partial charge in [0.05, 0.1) is 11.7 Å². The van der Waals surface area contributed by atoms with Crippen LogP contribution >= 0.6 is 11.7 Å². The van der Waals surface area contributed by atoms with E-state index in [1.54, 1.807) is 25.1 Å². The molecule has 1 heterocycles. The molecule has 0 aliphatic heterocycles. The van der Waals surface area contributed by atoms with Crippen LogP contribution in [0.25, 0.3) is 11.0 Å². The summed E-state index contributed by atoms with van der Waals surface area (Å²) in [6, 6.07) is 4.97. The number of hydrogen-bond donors (Lipinski definition) is 0. The van der Waals surface area contributed by atoms with Gasteiger partial charge in [0, 0.05) is 13.6 Å². The Labute approximate surface area is 110 Å². The van der Waals surface area contributed by atoms with Gasteiger partial charge in [0.1, 0.15) is 15.9 Å². The second kappa shape index (κ2) is 4.75. The Morgan fingerprint density at radius 2 is 2.17 bits per heavy atom. The number of sulfonamides is 1. The highest BCUT2D eigenvalue weighted by Gasteiger charge is 2.24. The van der Waals surface area contributed by atoms with E-state index in [-0.39, 0.29) is 11.4 Å². The molecule has 0 saturated carbocycles. The molecule has 0 spiro atoms. The van der Waals surface area contributed by atoms with E-state index in [2.05, 4.69) is 15.3 Å². The first-order chi connectivity index (χ1) is 8.43. The van der Waals surface area contributed by atoms with Gasteiger partial charge in [0.2, 0.25) is 10.0 Å². The number of hydrogen-bond acceptors (Lipinski definition) is 5. The lowest BCUT2D eigenvalue weighted by Crippen LogP contribution is -2.28. The Balaban J connectivity index is 2.53. The zero-order valence-corrected chi connectivity index (χ0v) is 11.8. The van der Waals surface area contributed by atoms with Gasteiger partial charge in [-0.1, -0.05) is 18.2 Å². The quantitative estimate of drug-likeness (QED) is 0.804. The Morgan fingerprint density at radius 1 is 1.44 bits per heavy atom. The van der Waals surface area contributed by atoms with Crippen LogP contribution in [-0.2, 0) is 10.0 Å². The van der Waals surface area contributed by atoms with E-state index in [0.29, 0.717) is 11.0 Å². The molecule has 0 N–H and O–H groups in total. The maximum atomic E-state index is 12.4. The molecule has 1 aromatic heterocycles. The number of benzene rings is 1. The van der Waals surface area contributed by atoms with Crippen molar-refractivity contribution in [3.63, 3.8) is 0 Å². The van der Waals surface area contributed by atoms with Crippen molar-refractivity contribution in [1.29, 1.82) is 0 Å². The van der Waals surface area contributed by atoms with E-state index in [1.807, 2.05) is 0 Å². The van der Waals surface area contributed by atoms with Crippen LogP contribution in [0, 0.1) is 0 Å².